The van der Waals surface area contributed by atoms with Crippen LogP contribution in [0.5, 0.6) is 0 Å². The topological polar surface area (TPSA) is 71.3 Å². The van der Waals surface area contributed by atoms with Gasteiger partial charge in [0, 0.05) is 30.8 Å². The molecule has 2 heterocycles. The Kier molecular flexibility index (Phi) is 3.69. The Labute approximate surface area is 124 Å². The number of hydrogen-bond acceptors (Lipinski definition) is 3. The number of amides is 1. The monoisotopic (exact) mass is 287 g/mol. The van der Waals surface area contributed by atoms with Gasteiger partial charge in [-0.1, -0.05) is 12.1 Å². The van der Waals surface area contributed by atoms with E-state index in [1.165, 1.54) is 10.9 Å². The Balaban J connectivity index is 1.92. The molecule has 1 fully saturated rings. The number of nitrogens with two attached hydrogens (primary N) is 1. The third-order valence-corrected chi connectivity index (χ3v) is 4.51. The van der Waals surface area contributed by atoms with Gasteiger partial charge in [0.15, 0.2) is 0 Å². The molecule has 1 aromatic carbocycles. The van der Waals surface area contributed by atoms with Gasteiger partial charge in [0.2, 0.25) is 5.91 Å². The predicted octanol–water partition coefficient (Wildman–Crippen LogP) is 1.63. The minimum atomic E-state index is -0.673. The number of fused-ring (bicyclic) bond motifs is 1. The molecule has 1 amide bonds. The van der Waals surface area contributed by atoms with Crippen molar-refractivity contribution in [3.63, 3.8) is 0 Å². The Morgan fingerprint density at radius 1 is 1.48 bits per heavy atom. The van der Waals surface area contributed by atoms with Crippen LogP contribution >= 0.6 is 0 Å². The van der Waals surface area contributed by atoms with Crippen molar-refractivity contribution in [2.75, 3.05) is 20.3 Å². The second-order valence-electron chi connectivity index (χ2n) is 5.71. The largest absolute Gasteiger partial charge is 0.382 e. The summed E-state index contributed by atoms with van der Waals surface area (Å²) in [5.41, 5.74) is 7.34. The van der Waals surface area contributed by atoms with Crippen molar-refractivity contribution in [2.24, 2.45) is 5.73 Å². The van der Waals surface area contributed by atoms with E-state index < -0.39 is 5.54 Å². The summed E-state index contributed by atoms with van der Waals surface area (Å²) in [6.45, 7) is 1.93. The molecule has 1 unspecified atom stereocenters. The normalized spacial score (nSPS) is 22.9. The third kappa shape index (κ3) is 2.32. The van der Waals surface area contributed by atoms with Gasteiger partial charge in [-0.05, 0) is 37.1 Å². The fraction of sp³-hybridized carbons (Fsp3) is 0.438. The first-order valence-corrected chi connectivity index (χ1v) is 7.26. The summed E-state index contributed by atoms with van der Waals surface area (Å²) in [4.78, 5) is 17.4. The van der Waals surface area contributed by atoms with Gasteiger partial charge in [0.1, 0.15) is 5.54 Å². The molecule has 0 aliphatic carbocycles. The highest BCUT2D eigenvalue weighted by Crippen LogP contribution is 2.32. The van der Waals surface area contributed by atoms with Crippen LogP contribution in [0.1, 0.15) is 18.4 Å². The zero-order valence-corrected chi connectivity index (χ0v) is 12.3. The van der Waals surface area contributed by atoms with E-state index >= 15 is 0 Å². The van der Waals surface area contributed by atoms with E-state index in [1.807, 2.05) is 12.3 Å². The fourth-order valence-electron chi connectivity index (χ4n) is 3.41. The van der Waals surface area contributed by atoms with Crippen LogP contribution in [0.2, 0.25) is 0 Å². The molecule has 0 saturated carbocycles. The van der Waals surface area contributed by atoms with Crippen LogP contribution in [0.15, 0.2) is 30.5 Å². The number of nitrogens with zero attached hydrogens (tertiary/aromatic N) is 1. The third-order valence-electron chi connectivity index (χ3n) is 4.51. The average molecular weight is 287 g/mol. The second-order valence-corrected chi connectivity index (χ2v) is 5.71. The van der Waals surface area contributed by atoms with Crippen molar-refractivity contribution >= 4 is 16.8 Å². The van der Waals surface area contributed by atoms with E-state index in [1.54, 1.807) is 7.11 Å². The SMILES string of the molecule is COCC1(C(N)=O)CCCN1Cc1cccc2[nH]ccc12. The summed E-state index contributed by atoms with van der Waals surface area (Å²) < 4.78 is 5.28. The molecule has 112 valence electrons. The second kappa shape index (κ2) is 5.50. The maximum absolute atomic E-state index is 12.0. The van der Waals surface area contributed by atoms with Crippen LogP contribution in [0.3, 0.4) is 0 Å². The van der Waals surface area contributed by atoms with Crippen LogP contribution in [0, 0.1) is 0 Å². The number of rotatable bonds is 5. The molecule has 2 aromatic rings. The summed E-state index contributed by atoms with van der Waals surface area (Å²) in [7, 11) is 1.62. The van der Waals surface area contributed by atoms with Gasteiger partial charge < -0.3 is 15.5 Å². The van der Waals surface area contributed by atoms with Crippen molar-refractivity contribution in [3.8, 4) is 0 Å². The highest BCUT2D eigenvalue weighted by molar-refractivity contribution is 5.86. The molecule has 1 atom stereocenters. The molecule has 5 nitrogen and oxygen atoms in total. The lowest BCUT2D eigenvalue weighted by atomic mass is 9.95. The minimum absolute atomic E-state index is 0.289. The number of likely N-dealkylation sites (tertiary alicyclic amines) is 1. The molecule has 3 rings (SSSR count). The molecule has 5 heteroatoms. The number of primary amides is 1. The first-order valence-electron chi connectivity index (χ1n) is 7.26. The number of aromatic nitrogens is 1. The van der Waals surface area contributed by atoms with Crippen LogP contribution < -0.4 is 5.73 Å². The summed E-state index contributed by atoms with van der Waals surface area (Å²) in [6.07, 6.45) is 3.67. The van der Waals surface area contributed by atoms with Crippen molar-refractivity contribution in [1.82, 2.24) is 9.88 Å². The maximum atomic E-state index is 12.0. The van der Waals surface area contributed by atoms with E-state index in [4.69, 9.17) is 10.5 Å². The summed E-state index contributed by atoms with van der Waals surface area (Å²) in [6, 6.07) is 8.27. The summed E-state index contributed by atoms with van der Waals surface area (Å²) in [5.74, 6) is -0.289. The molecule has 21 heavy (non-hydrogen) atoms. The van der Waals surface area contributed by atoms with Crippen molar-refractivity contribution in [2.45, 2.75) is 24.9 Å². The van der Waals surface area contributed by atoms with E-state index in [0.717, 1.165) is 24.9 Å². The number of ether oxygens (including phenoxy) is 1. The lowest BCUT2D eigenvalue weighted by Crippen LogP contribution is -2.56. The molecule has 0 spiro atoms. The molecule has 1 aliphatic rings. The molecular weight excluding hydrogens is 266 g/mol. The molecular formula is C16H21N3O2. The molecule has 0 radical (unpaired) electrons. The van der Waals surface area contributed by atoms with E-state index in [9.17, 15) is 4.79 Å². The number of H-pyrrole nitrogens is 1. The summed E-state index contributed by atoms with van der Waals surface area (Å²) in [5, 5.41) is 1.19. The minimum Gasteiger partial charge on any atom is -0.382 e. The van der Waals surface area contributed by atoms with Crippen LogP contribution in [0.4, 0.5) is 0 Å². The number of methoxy groups -OCH3 is 1. The zero-order chi connectivity index (χ0) is 14.9. The number of benzene rings is 1. The Morgan fingerprint density at radius 3 is 3.10 bits per heavy atom. The average Bonchev–Trinajstić information content (AvgIpc) is 3.08. The van der Waals surface area contributed by atoms with E-state index in [-0.39, 0.29) is 5.91 Å². The number of carbonyl (C=O) groups is 1. The maximum Gasteiger partial charge on any atom is 0.240 e. The lowest BCUT2D eigenvalue weighted by Gasteiger charge is -2.35. The number of carbonyl (C=O) groups excluding carboxylic acids is 1. The van der Waals surface area contributed by atoms with Gasteiger partial charge in [0.05, 0.1) is 6.61 Å². The molecule has 1 aliphatic heterocycles. The predicted molar refractivity (Wildman–Crippen MR) is 81.7 cm³/mol. The summed E-state index contributed by atoms with van der Waals surface area (Å²) >= 11 is 0. The standard InChI is InChI=1S/C16H21N3O2/c1-21-11-16(15(17)20)7-3-9-19(16)10-12-4-2-5-14-13(12)6-8-18-14/h2,4-6,8,18H,3,7,9-11H2,1H3,(H2,17,20). The number of aromatic amines is 1. The van der Waals surface area contributed by atoms with Gasteiger partial charge in [-0.15, -0.1) is 0 Å². The number of hydrogen-bond donors (Lipinski definition) is 2. The van der Waals surface area contributed by atoms with E-state index in [2.05, 4.69) is 28.1 Å². The molecule has 1 saturated heterocycles. The first kappa shape index (κ1) is 14.1. The molecule has 0 bridgehead atoms. The van der Waals surface area contributed by atoms with Crippen molar-refractivity contribution < 1.29 is 9.53 Å². The quantitative estimate of drug-likeness (QED) is 0.878. The lowest BCUT2D eigenvalue weighted by molar-refractivity contribution is -0.132. The van der Waals surface area contributed by atoms with Gasteiger partial charge in [0.25, 0.3) is 0 Å². The van der Waals surface area contributed by atoms with Crippen molar-refractivity contribution in [3.05, 3.63) is 36.0 Å². The van der Waals surface area contributed by atoms with Crippen LogP contribution in [-0.4, -0.2) is 41.6 Å². The smallest absolute Gasteiger partial charge is 0.240 e. The van der Waals surface area contributed by atoms with Gasteiger partial charge in [-0.2, -0.15) is 0 Å². The Morgan fingerprint density at radius 2 is 2.33 bits per heavy atom. The molecule has 1 aromatic heterocycles. The Bertz CT molecular complexity index is 652. The van der Waals surface area contributed by atoms with Crippen LogP contribution in [-0.2, 0) is 16.1 Å². The Hall–Kier alpha value is -1.85. The molecule has 3 N–H and O–H groups in total. The number of nitrogens with one attached hydrogen (secondary N) is 1. The van der Waals surface area contributed by atoms with Gasteiger partial charge in [-0.25, -0.2) is 0 Å². The highest BCUT2D eigenvalue weighted by Gasteiger charge is 2.46. The van der Waals surface area contributed by atoms with Gasteiger partial charge >= 0.3 is 0 Å². The van der Waals surface area contributed by atoms with Gasteiger partial charge in [-0.3, -0.25) is 9.69 Å². The van der Waals surface area contributed by atoms with E-state index in [0.29, 0.717) is 13.2 Å². The van der Waals surface area contributed by atoms with Crippen LogP contribution in [0.25, 0.3) is 10.9 Å². The van der Waals surface area contributed by atoms with Crippen molar-refractivity contribution in [1.29, 1.82) is 0 Å². The first-order chi connectivity index (χ1) is 10.2. The fourth-order valence-corrected chi connectivity index (χ4v) is 3.41. The highest BCUT2D eigenvalue weighted by atomic mass is 16.5. The zero-order valence-electron chi connectivity index (χ0n) is 12.3.